The molecule has 22 heavy (non-hydrogen) atoms. The molecule has 2 aromatic rings. The SMILES string of the molecule is CCCCc1ccc(N=Cc2ccn(C3CCCC3)c2)cc1. The molecule has 3 rings (SSSR count). The van der Waals surface area contributed by atoms with Gasteiger partial charge in [0.25, 0.3) is 0 Å². The van der Waals surface area contributed by atoms with Crippen LogP contribution in [-0.4, -0.2) is 10.8 Å². The number of aromatic nitrogens is 1. The van der Waals surface area contributed by atoms with Crippen LogP contribution in [0.4, 0.5) is 5.69 Å². The first-order valence-electron chi connectivity index (χ1n) is 8.65. The van der Waals surface area contributed by atoms with Crippen LogP contribution in [0.15, 0.2) is 47.7 Å². The standard InChI is InChI=1S/C20H26N2/c1-2-3-6-17-9-11-19(12-10-17)21-15-18-13-14-22(16-18)20-7-4-5-8-20/h9-16,20H,2-8H2,1H3. The number of aliphatic imine (C=N–C) groups is 1. The predicted molar refractivity (Wildman–Crippen MR) is 94.2 cm³/mol. The lowest BCUT2D eigenvalue weighted by atomic mass is 10.1. The molecule has 116 valence electrons. The van der Waals surface area contributed by atoms with Gasteiger partial charge in [0.15, 0.2) is 0 Å². The second-order valence-electron chi connectivity index (χ2n) is 6.36. The Labute approximate surface area is 133 Å². The average molecular weight is 294 g/mol. The van der Waals surface area contributed by atoms with Crippen LogP contribution in [0.25, 0.3) is 0 Å². The van der Waals surface area contributed by atoms with Gasteiger partial charge in [-0.2, -0.15) is 0 Å². The van der Waals surface area contributed by atoms with Crippen LogP contribution in [-0.2, 0) is 6.42 Å². The molecule has 0 saturated heterocycles. The summed E-state index contributed by atoms with van der Waals surface area (Å²) in [6.07, 6.45) is 15.5. The fourth-order valence-corrected chi connectivity index (χ4v) is 3.21. The summed E-state index contributed by atoms with van der Waals surface area (Å²) in [5.41, 5.74) is 3.64. The normalized spacial score (nSPS) is 15.9. The Hall–Kier alpha value is -1.83. The third-order valence-corrected chi connectivity index (χ3v) is 4.60. The maximum absolute atomic E-state index is 4.60. The van der Waals surface area contributed by atoms with Crippen LogP contribution in [0, 0.1) is 0 Å². The van der Waals surface area contributed by atoms with Crippen LogP contribution in [0.1, 0.15) is 62.6 Å². The molecule has 0 spiro atoms. The molecule has 1 fully saturated rings. The van der Waals surface area contributed by atoms with E-state index in [2.05, 4.69) is 59.2 Å². The molecule has 0 bridgehead atoms. The summed E-state index contributed by atoms with van der Waals surface area (Å²) < 4.78 is 2.36. The van der Waals surface area contributed by atoms with E-state index in [0.29, 0.717) is 6.04 Å². The van der Waals surface area contributed by atoms with E-state index in [-0.39, 0.29) is 0 Å². The minimum atomic E-state index is 0.708. The van der Waals surface area contributed by atoms with Crippen LogP contribution in [0.5, 0.6) is 0 Å². The number of aryl methyl sites for hydroxylation is 1. The van der Waals surface area contributed by atoms with E-state index in [1.165, 1.54) is 56.1 Å². The molecule has 2 heteroatoms. The lowest BCUT2D eigenvalue weighted by Crippen LogP contribution is -2.00. The molecule has 1 aromatic heterocycles. The molecule has 1 heterocycles. The average Bonchev–Trinajstić information content (AvgIpc) is 3.23. The Morgan fingerprint density at radius 1 is 1.14 bits per heavy atom. The summed E-state index contributed by atoms with van der Waals surface area (Å²) in [4.78, 5) is 4.60. The Morgan fingerprint density at radius 3 is 2.64 bits per heavy atom. The maximum atomic E-state index is 4.60. The predicted octanol–water partition coefficient (Wildman–Crippen LogP) is 5.70. The van der Waals surface area contributed by atoms with Gasteiger partial charge in [0.1, 0.15) is 0 Å². The topological polar surface area (TPSA) is 17.3 Å². The van der Waals surface area contributed by atoms with Crippen molar-refractivity contribution in [2.75, 3.05) is 0 Å². The van der Waals surface area contributed by atoms with E-state index in [9.17, 15) is 0 Å². The van der Waals surface area contributed by atoms with E-state index in [4.69, 9.17) is 0 Å². The Bertz CT molecular complexity index is 601. The first-order chi connectivity index (χ1) is 10.8. The lowest BCUT2D eigenvalue weighted by molar-refractivity contribution is 0.521. The van der Waals surface area contributed by atoms with Gasteiger partial charge >= 0.3 is 0 Å². The molecule has 1 aliphatic carbocycles. The van der Waals surface area contributed by atoms with E-state index >= 15 is 0 Å². The summed E-state index contributed by atoms with van der Waals surface area (Å²) in [6.45, 7) is 2.23. The van der Waals surface area contributed by atoms with Crippen LogP contribution < -0.4 is 0 Å². The number of benzene rings is 1. The van der Waals surface area contributed by atoms with E-state index < -0.39 is 0 Å². The zero-order valence-electron chi connectivity index (χ0n) is 13.5. The van der Waals surface area contributed by atoms with Crippen molar-refractivity contribution in [3.05, 3.63) is 53.9 Å². The molecule has 1 saturated carbocycles. The molecule has 0 unspecified atom stereocenters. The van der Waals surface area contributed by atoms with Crippen LogP contribution >= 0.6 is 0 Å². The Balaban J connectivity index is 1.61. The van der Waals surface area contributed by atoms with E-state index in [1.807, 2.05) is 6.21 Å². The molecule has 0 aliphatic heterocycles. The van der Waals surface area contributed by atoms with Gasteiger partial charge in [-0.05, 0) is 49.4 Å². The monoisotopic (exact) mass is 294 g/mol. The van der Waals surface area contributed by atoms with E-state index in [0.717, 1.165) is 5.69 Å². The largest absolute Gasteiger partial charge is 0.351 e. The number of rotatable bonds is 6. The highest BCUT2D eigenvalue weighted by molar-refractivity contribution is 5.81. The van der Waals surface area contributed by atoms with Gasteiger partial charge in [0.05, 0.1) is 5.69 Å². The van der Waals surface area contributed by atoms with Gasteiger partial charge in [-0.15, -0.1) is 0 Å². The molecule has 2 nitrogen and oxygen atoms in total. The minimum absolute atomic E-state index is 0.708. The smallest absolute Gasteiger partial charge is 0.0630 e. The van der Waals surface area contributed by atoms with Crippen LogP contribution in [0.3, 0.4) is 0 Å². The molecule has 1 aromatic carbocycles. The van der Waals surface area contributed by atoms with Crippen molar-refractivity contribution in [2.24, 2.45) is 4.99 Å². The van der Waals surface area contributed by atoms with Gasteiger partial charge < -0.3 is 4.57 Å². The van der Waals surface area contributed by atoms with Crippen molar-refractivity contribution in [1.82, 2.24) is 4.57 Å². The zero-order chi connectivity index (χ0) is 15.2. The Kier molecular flexibility index (Phi) is 5.10. The lowest BCUT2D eigenvalue weighted by Gasteiger charge is -2.10. The number of unbranched alkanes of at least 4 members (excludes halogenated alkanes) is 1. The van der Waals surface area contributed by atoms with Gasteiger partial charge in [-0.1, -0.05) is 38.3 Å². The molecular weight excluding hydrogens is 268 g/mol. The highest BCUT2D eigenvalue weighted by atomic mass is 15.0. The second kappa shape index (κ2) is 7.44. The Morgan fingerprint density at radius 2 is 1.91 bits per heavy atom. The molecule has 0 N–H and O–H groups in total. The second-order valence-corrected chi connectivity index (χ2v) is 6.36. The fourth-order valence-electron chi connectivity index (χ4n) is 3.21. The zero-order valence-corrected chi connectivity index (χ0v) is 13.5. The highest BCUT2D eigenvalue weighted by Crippen LogP contribution is 2.29. The minimum Gasteiger partial charge on any atom is -0.351 e. The molecular formula is C20H26N2. The quantitative estimate of drug-likeness (QED) is 0.608. The summed E-state index contributed by atoms with van der Waals surface area (Å²) in [5, 5.41) is 0. The van der Waals surface area contributed by atoms with Crippen molar-refractivity contribution >= 4 is 11.9 Å². The van der Waals surface area contributed by atoms with Crippen molar-refractivity contribution in [3.8, 4) is 0 Å². The van der Waals surface area contributed by atoms with Gasteiger partial charge in [0, 0.05) is 30.2 Å². The third kappa shape index (κ3) is 3.88. The third-order valence-electron chi connectivity index (χ3n) is 4.60. The van der Waals surface area contributed by atoms with Crippen molar-refractivity contribution in [1.29, 1.82) is 0 Å². The molecule has 0 radical (unpaired) electrons. The van der Waals surface area contributed by atoms with Gasteiger partial charge in [-0.25, -0.2) is 0 Å². The number of hydrogen-bond acceptors (Lipinski definition) is 1. The first-order valence-corrected chi connectivity index (χ1v) is 8.65. The van der Waals surface area contributed by atoms with Crippen molar-refractivity contribution in [2.45, 2.75) is 57.9 Å². The summed E-state index contributed by atoms with van der Waals surface area (Å²) in [7, 11) is 0. The fraction of sp³-hybridized carbons (Fsp3) is 0.450. The van der Waals surface area contributed by atoms with Crippen LogP contribution in [0.2, 0.25) is 0 Å². The van der Waals surface area contributed by atoms with Gasteiger partial charge in [0.2, 0.25) is 0 Å². The van der Waals surface area contributed by atoms with Crippen molar-refractivity contribution < 1.29 is 0 Å². The summed E-state index contributed by atoms with van der Waals surface area (Å²) in [6, 6.07) is 11.5. The van der Waals surface area contributed by atoms with Gasteiger partial charge in [-0.3, -0.25) is 4.99 Å². The van der Waals surface area contributed by atoms with Crippen molar-refractivity contribution in [3.63, 3.8) is 0 Å². The number of nitrogens with zero attached hydrogens (tertiary/aromatic N) is 2. The first kappa shape index (κ1) is 15.1. The molecule has 0 atom stereocenters. The number of hydrogen-bond donors (Lipinski definition) is 0. The maximum Gasteiger partial charge on any atom is 0.0630 e. The van der Waals surface area contributed by atoms with E-state index in [1.54, 1.807) is 0 Å². The molecule has 1 aliphatic rings. The molecule has 0 amide bonds. The summed E-state index contributed by atoms with van der Waals surface area (Å²) in [5.74, 6) is 0. The highest BCUT2D eigenvalue weighted by Gasteiger charge is 2.15. The summed E-state index contributed by atoms with van der Waals surface area (Å²) >= 11 is 0.